The Bertz CT molecular complexity index is 608. The third-order valence-corrected chi connectivity index (χ3v) is 5.05. The topological polar surface area (TPSA) is 21.3 Å². The number of hydrogen-bond donors (Lipinski definition) is 1. The fourth-order valence-electron chi connectivity index (χ4n) is 3.11. The maximum atomic E-state index is 5.97. The van der Waals surface area contributed by atoms with Gasteiger partial charge in [-0.15, -0.1) is 0 Å². The number of rotatable bonds is 6. The van der Waals surface area contributed by atoms with Gasteiger partial charge in [0.05, 0.1) is 11.1 Å². The van der Waals surface area contributed by atoms with Gasteiger partial charge in [0.15, 0.2) is 0 Å². The SMILES string of the molecule is Brc1cc(Cc2ccccc2)ccc1OCC[C@H]1CCCNC1. The minimum Gasteiger partial charge on any atom is -0.492 e. The maximum Gasteiger partial charge on any atom is 0.133 e. The molecular weight excluding hydrogens is 350 g/mol. The van der Waals surface area contributed by atoms with Gasteiger partial charge >= 0.3 is 0 Å². The molecule has 1 N–H and O–H groups in total. The summed E-state index contributed by atoms with van der Waals surface area (Å²) in [5.74, 6) is 1.71. The second kappa shape index (κ2) is 8.51. The van der Waals surface area contributed by atoms with E-state index in [1.807, 2.05) is 0 Å². The number of halogens is 1. The number of hydrogen-bond acceptors (Lipinski definition) is 2. The molecule has 0 unspecified atom stereocenters. The molecule has 1 aliphatic heterocycles. The van der Waals surface area contributed by atoms with Crippen molar-refractivity contribution in [2.24, 2.45) is 5.92 Å². The van der Waals surface area contributed by atoms with Crippen molar-refractivity contribution in [3.63, 3.8) is 0 Å². The molecule has 0 radical (unpaired) electrons. The van der Waals surface area contributed by atoms with Gasteiger partial charge in [-0.1, -0.05) is 36.4 Å². The third kappa shape index (κ3) is 5.08. The summed E-state index contributed by atoms with van der Waals surface area (Å²) < 4.78 is 7.02. The fourth-order valence-corrected chi connectivity index (χ4v) is 3.65. The first-order valence-corrected chi connectivity index (χ1v) is 9.26. The summed E-state index contributed by atoms with van der Waals surface area (Å²) in [6.07, 6.45) is 4.70. The van der Waals surface area contributed by atoms with Crippen LogP contribution in [-0.4, -0.2) is 19.7 Å². The van der Waals surface area contributed by atoms with Gasteiger partial charge in [-0.05, 0) is 83.9 Å². The van der Waals surface area contributed by atoms with Gasteiger partial charge in [-0.3, -0.25) is 0 Å². The number of benzene rings is 2. The molecule has 0 spiro atoms. The van der Waals surface area contributed by atoms with Gasteiger partial charge in [0, 0.05) is 0 Å². The van der Waals surface area contributed by atoms with Crippen molar-refractivity contribution in [2.45, 2.75) is 25.7 Å². The molecule has 2 aromatic carbocycles. The predicted molar refractivity (Wildman–Crippen MR) is 99.1 cm³/mol. The summed E-state index contributed by atoms with van der Waals surface area (Å²) in [5.41, 5.74) is 2.63. The van der Waals surface area contributed by atoms with Crippen LogP contribution in [-0.2, 0) is 6.42 Å². The highest BCUT2D eigenvalue weighted by Gasteiger charge is 2.13. The van der Waals surface area contributed by atoms with Crippen LogP contribution in [0.5, 0.6) is 5.75 Å². The van der Waals surface area contributed by atoms with Gasteiger partial charge in [0.25, 0.3) is 0 Å². The lowest BCUT2D eigenvalue weighted by Gasteiger charge is -2.22. The molecule has 1 heterocycles. The van der Waals surface area contributed by atoms with E-state index >= 15 is 0 Å². The second-order valence-electron chi connectivity index (χ2n) is 6.28. The molecule has 0 aliphatic carbocycles. The van der Waals surface area contributed by atoms with Crippen LogP contribution in [0.25, 0.3) is 0 Å². The molecule has 23 heavy (non-hydrogen) atoms. The highest BCUT2D eigenvalue weighted by molar-refractivity contribution is 9.10. The highest BCUT2D eigenvalue weighted by atomic mass is 79.9. The Morgan fingerprint density at radius 1 is 1.09 bits per heavy atom. The van der Waals surface area contributed by atoms with Crippen molar-refractivity contribution in [1.82, 2.24) is 5.32 Å². The van der Waals surface area contributed by atoms with Gasteiger partial charge < -0.3 is 10.1 Å². The summed E-state index contributed by atoms with van der Waals surface area (Å²) in [4.78, 5) is 0. The summed E-state index contributed by atoms with van der Waals surface area (Å²) in [7, 11) is 0. The van der Waals surface area contributed by atoms with E-state index in [2.05, 4.69) is 69.8 Å². The Hall–Kier alpha value is -1.32. The summed E-state index contributed by atoms with van der Waals surface area (Å²) >= 11 is 3.65. The van der Waals surface area contributed by atoms with Crippen LogP contribution < -0.4 is 10.1 Å². The van der Waals surface area contributed by atoms with Crippen molar-refractivity contribution in [3.8, 4) is 5.75 Å². The monoisotopic (exact) mass is 373 g/mol. The molecule has 3 rings (SSSR count). The Labute approximate surface area is 147 Å². The first-order valence-electron chi connectivity index (χ1n) is 8.47. The molecule has 0 aromatic heterocycles. The molecule has 2 aromatic rings. The third-order valence-electron chi connectivity index (χ3n) is 4.43. The Morgan fingerprint density at radius 2 is 1.96 bits per heavy atom. The lowest BCUT2D eigenvalue weighted by Crippen LogP contribution is -2.30. The van der Waals surface area contributed by atoms with E-state index in [1.165, 1.54) is 30.5 Å². The number of nitrogens with one attached hydrogen (secondary N) is 1. The van der Waals surface area contributed by atoms with Gasteiger partial charge in [-0.25, -0.2) is 0 Å². The predicted octanol–water partition coefficient (Wildman–Crippen LogP) is 4.81. The smallest absolute Gasteiger partial charge is 0.133 e. The van der Waals surface area contributed by atoms with Crippen LogP contribution in [0.1, 0.15) is 30.4 Å². The normalized spacial score (nSPS) is 17.9. The van der Waals surface area contributed by atoms with Gasteiger partial charge in [-0.2, -0.15) is 0 Å². The van der Waals surface area contributed by atoms with Crippen LogP contribution >= 0.6 is 15.9 Å². The molecule has 0 amide bonds. The molecule has 0 bridgehead atoms. The molecule has 2 nitrogen and oxygen atoms in total. The van der Waals surface area contributed by atoms with Crippen molar-refractivity contribution in [3.05, 3.63) is 64.1 Å². The minimum absolute atomic E-state index is 0.764. The first-order chi connectivity index (χ1) is 11.3. The van der Waals surface area contributed by atoms with Gasteiger partial charge in [0.2, 0.25) is 0 Å². The van der Waals surface area contributed by atoms with E-state index in [4.69, 9.17) is 4.74 Å². The van der Waals surface area contributed by atoms with Gasteiger partial charge in [0.1, 0.15) is 5.75 Å². The molecule has 1 fully saturated rings. The summed E-state index contributed by atoms with van der Waals surface area (Å²) in [6.45, 7) is 3.11. The second-order valence-corrected chi connectivity index (χ2v) is 7.13. The Balaban J connectivity index is 1.52. The van der Waals surface area contributed by atoms with Crippen LogP contribution in [0, 0.1) is 5.92 Å². The van der Waals surface area contributed by atoms with Crippen LogP contribution in [0.3, 0.4) is 0 Å². The summed E-state index contributed by atoms with van der Waals surface area (Å²) in [5, 5.41) is 3.46. The molecule has 122 valence electrons. The van der Waals surface area contributed by atoms with Crippen LogP contribution in [0.15, 0.2) is 53.0 Å². The van der Waals surface area contributed by atoms with E-state index in [9.17, 15) is 0 Å². The average molecular weight is 374 g/mol. The Kier molecular flexibility index (Phi) is 6.12. The van der Waals surface area contributed by atoms with E-state index in [0.717, 1.165) is 42.1 Å². The van der Waals surface area contributed by atoms with Crippen molar-refractivity contribution in [1.29, 1.82) is 0 Å². The van der Waals surface area contributed by atoms with Crippen molar-refractivity contribution in [2.75, 3.05) is 19.7 Å². The number of ether oxygens (including phenoxy) is 1. The minimum atomic E-state index is 0.764. The van der Waals surface area contributed by atoms with E-state index in [0.29, 0.717) is 0 Å². The molecular formula is C20H24BrNO. The van der Waals surface area contributed by atoms with Crippen LogP contribution in [0.4, 0.5) is 0 Å². The molecule has 0 saturated carbocycles. The fraction of sp³-hybridized carbons (Fsp3) is 0.400. The first kappa shape index (κ1) is 16.5. The zero-order valence-corrected chi connectivity index (χ0v) is 15.0. The average Bonchev–Trinajstić information content (AvgIpc) is 2.59. The zero-order chi connectivity index (χ0) is 15.9. The largest absolute Gasteiger partial charge is 0.492 e. The van der Waals surface area contributed by atoms with E-state index < -0.39 is 0 Å². The standard InChI is InChI=1S/C20H24BrNO/c21-19-14-18(13-16-5-2-1-3-6-16)8-9-20(19)23-12-10-17-7-4-11-22-15-17/h1-3,5-6,8-9,14,17,22H,4,7,10-13,15H2/t17-/m1/s1. The molecule has 1 atom stereocenters. The molecule has 1 aliphatic rings. The quantitative estimate of drug-likeness (QED) is 0.784. The Morgan fingerprint density at radius 3 is 2.70 bits per heavy atom. The maximum absolute atomic E-state index is 5.97. The van der Waals surface area contributed by atoms with Crippen molar-refractivity contribution < 1.29 is 4.74 Å². The lowest BCUT2D eigenvalue weighted by atomic mass is 9.97. The molecule has 1 saturated heterocycles. The highest BCUT2D eigenvalue weighted by Crippen LogP contribution is 2.27. The zero-order valence-electron chi connectivity index (χ0n) is 13.4. The summed E-state index contributed by atoms with van der Waals surface area (Å²) in [6, 6.07) is 17.0. The van der Waals surface area contributed by atoms with Crippen LogP contribution in [0.2, 0.25) is 0 Å². The number of piperidine rings is 1. The van der Waals surface area contributed by atoms with E-state index in [1.54, 1.807) is 0 Å². The molecule has 3 heteroatoms. The van der Waals surface area contributed by atoms with E-state index in [-0.39, 0.29) is 0 Å². The lowest BCUT2D eigenvalue weighted by molar-refractivity contribution is 0.253. The van der Waals surface area contributed by atoms with Crippen molar-refractivity contribution >= 4 is 15.9 Å².